The van der Waals surface area contributed by atoms with E-state index in [4.69, 9.17) is 0 Å². The van der Waals surface area contributed by atoms with E-state index < -0.39 is 16.9 Å². The van der Waals surface area contributed by atoms with Crippen LogP contribution in [0.5, 0.6) is 0 Å². The molecule has 0 aliphatic carbocycles. The number of carboxylic acid groups (broad SMARTS) is 1. The number of likely N-dealkylation sites (tertiary alicyclic amines) is 1. The largest absolute Gasteiger partial charge is 0.481 e. The van der Waals surface area contributed by atoms with Crippen molar-refractivity contribution in [2.24, 2.45) is 5.41 Å². The molecule has 2 heterocycles. The van der Waals surface area contributed by atoms with Gasteiger partial charge in [-0.25, -0.2) is 0 Å². The first kappa shape index (κ1) is 14.3. The predicted molar refractivity (Wildman–Crippen MR) is 71.8 cm³/mol. The molecule has 5 heteroatoms. The standard InChI is InChI=1S/C14H24N2O3/c1-3-13(12(18)19)7-9-16(10-13)11(17)14(4-2)6-5-8-15-14/h15H,3-10H2,1-2H3,(H,18,19). The van der Waals surface area contributed by atoms with Crippen LogP contribution in [0.4, 0.5) is 0 Å². The summed E-state index contributed by atoms with van der Waals surface area (Å²) in [4.78, 5) is 25.9. The highest BCUT2D eigenvalue weighted by Crippen LogP contribution is 2.36. The molecule has 19 heavy (non-hydrogen) atoms. The number of carbonyl (C=O) groups is 2. The van der Waals surface area contributed by atoms with Gasteiger partial charge in [-0.1, -0.05) is 13.8 Å². The van der Waals surface area contributed by atoms with Crippen LogP contribution < -0.4 is 5.32 Å². The maximum atomic E-state index is 12.7. The zero-order valence-electron chi connectivity index (χ0n) is 11.9. The molecule has 2 saturated heterocycles. The summed E-state index contributed by atoms with van der Waals surface area (Å²) < 4.78 is 0. The number of amides is 1. The maximum absolute atomic E-state index is 12.7. The van der Waals surface area contributed by atoms with Crippen LogP contribution in [0.2, 0.25) is 0 Å². The molecular formula is C14H24N2O3. The Kier molecular flexibility index (Phi) is 3.85. The lowest BCUT2D eigenvalue weighted by Gasteiger charge is -2.32. The summed E-state index contributed by atoms with van der Waals surface area (Å²) in [5, 5.41) is 12.7. The number of carbonyl (C=O) groups excluding carboxylic acids is 1. The molecule has 0 bridgehead atoms. The van der Waals surface area contributed by atoms with E-state index in [1.54, 1.807) is 4.90 Å². The van der Waals surface area contributed by atoms with Gasteiger partial charge in [0.25, 0.3) is 0 Å². The molecule has 2 N–H and O–H groups in total. The predicted octanol–water partition coefficient (Wildman–Crippen LogP) is 1.23. The third kappa shape index (κ3) is 2.24. The molecule has 0 aromatic rings. The number of carboxylic acids is 1. The van der Waals surface area contributed by atoms with E-state index in [0.29, 0.717) is 25.9 Å². The number of hydrogen-bond donors (Lipinski definition) is 2. The van der Waals surface area contributed by atoms with Gasteiger partial charge in [0, 0.05) is 13.1 Å². The molecule has 0 saturated carbocycles. The Morgan fingerprint density at radius 2 is 2.00 bits per heavy atom. The van der Waals surface area contributed by atoms with E-state index in [9.17, 15) is 14.7 Å². The molecule has 108 valence electrons. The maximum Gasteiger partial charge on any atom is 0.311 e. The van der Waals surface area contributed by atoms with E-state index >= 15 is 0 Å². The zero-order chi connectivity index (χ0) is 14.1. The van der Waals surface area contributed by atoms with Gasteiger partial charge < -0.3 is 15.3 Å². The summed E-state index contributed by atoms with van der Waals surface area (Å²) in [7, 11) is 0. The van der Waals surface area contributed by atoms with Crippen LogP contribution in [-0.4, -0.2) is 47.1 Å². The van der Waals surface area contributed by atoms with Crippen molar-refractivity contribution >= 4 is 11.9 Å². The van der Waals surface area contributed by atoms with Gasteiger partial charge >= 0.3 is 5.97 Å². The van der Waals surface area contributed by atoms with Crippen LogP contribution in [0.1, 0.15) is 46.0 Å². The molecule has 2 atom stereocenters. The molecule has 2 rings (SSSR count). The molecule has 0 spiro atoms. The number of aliphatic carboxylic acids is 1. The van der Waals surface area contributed by atoms with Crippen LogP contribution >= 0.6 is 0 Å². The van der Waals surface area contributed by atoms with E-state index in [1.165, 1.54) is 0 Å². The van der Waals surface area contributed by atoms with Gasteiger partial charge in [0.2, 0.25) is 5.91 Å². The minimum Gasteiger partial charge on any atom is -0.481 e. The topological polar surface area (TPSA) is 69.6 Å². The van der Waals surface area contributed by atoms with Gasteiger partial charge in [-0.05, 0) is 38.6 Å². The van der Waals surface area contributed by atoms with E-state index in [-0.39, 0.29) is 5.91 Å². The van der Waals surface area contributed by atoms with Crippen molar-refractivity contribution in [3.05, 3.63) is 0 Å². The van der Waals surface area contributed by atoms with Crippen LogP contribution in [-0.2, 0) is 9.59 Å². The molecule has 0 radical (unpaired) electrons. The zero-order valence-corrected chi connectivity index (χ0v) is 11.9. The number of rotatable bonds is 4. The first-order valence-electron chi connectivity index (χ1n) is 7.27. The Balaban J connectivity index is 2.12. The van der Waals surface area contributed by atoms with Crippen molar-refractivity contribution in [2.75, 3.05) is 19.6 Å². The van der Waals surface area contributed by atoms with E-state index in [2.05, 4.69) is 5.32 Å². The molecule has 5 nitrogen and oxygen atoms in total. The van der Waals surface area contributed by atoms with Crippen LogP contribution in [0.15, 0.2) is 0 Å². The summed E-state index contributed by atoms with van der Waals surface area (Å²) in [5.41, 5.74) is -1.18. The summed E-state index contributed by atoms with van der Waals surface area (Å²) in [6.45, 7) is 5.73. The first-order valence-corrected chi connectivity index (χ1v) is 7.27. The fourth-order valence-corrected chi connectivity index (χ4v) is 3.40. The van der Waals surface area contributed by atoms with Crippen molar-refractivity contribution in [3.8, 4) is 0 Å². The van der Waals surface area contributed by atoms with Crippen molar-refractivity contribution in [2.45, 2.75) is 51.5 Å². The minimum absolute atomic E-state index is 0.101. The minimum atomic E-state index is -0.768. The molecule has 2 unspecified atom stereocenters. The Hall–Kier alpha value is -1.10. The van der Waals surface area contributed by atoms with Gasteiger partial charge in [0.05, 0.1) is 11.0 Å². The van der Waals surface area contributed by atoms with Gasteiger partial charge in [-0.3, -0.25) is 9.59 Å². The Bertz CT molecular complexity index is 377. The molecule has 2 fully saturated rings. The van der Waals surface area contributed by atoms with Crippen LogP contribution in [0.25, 0.3) is 0 Å². The lowest BCUT2D eigenvalue weighted by molar-refractivity contribution is -0.149. The second-order valence-electron chi connectivity index (χ2n) is 5.88. The second kappa shape index (κ2) is 5.12. The Labute approximate surface area is 114 Å². The number of nitrogens with zero attached hydrogens (tertiary/aromatic N) is 1. The fraction of sp³-hybridized carbons (Fsp3) is 0.857. The average Bonchev–Trinajstić information content (AvgIpc) is 3.06. The normalized spacial score (nSPS) is 34.7. The van der Waals surface area contributed by atoms with Crippen molar-refractivity contribution in [1.29, 1.82) is 0 Å². The molecule has 1 amide bonds. The highest BCUT2D eigenvalue weighted by molar-refractivity contribution is 5.88. The highest BCUT2D eigenvalue weighted by Gasteiger charge is 2.49. The van der Waals surface area contributed by atoms with Gasteiger partial charge in [-0.15, -0.1) is 0 Å². The molecule has 0 aromatic heterocycles. The lowest BCUT2D eigenvalue weighted by atomic mass is 9.84. The number of nitrogens with one attached hydrogen (secondary N) is 1. The van der Waals surface area contributed by atoms with Crippen molar-refractivity contribution < 1.29 is 14.7 Å². The molecule has 2 aliphatic heterocycles. The summed E-state index contributed by atoms with van der Waals surface area (Å²) in [6.07, 6.45) is 3.81. The third-order valence-corrected chi connectivity index (χ3v) is 5.03. The smallest absolute Gasteiger partial charge is 0.311 e. The van der Waals surface area contributed by atoms with Gasteiger partial charge in [0.15, 0.2) is 0 Å². The fourth-order valence-electron chi connectivity index (χ4n) is 3.40. The monoisotopic (exact) mass is 268 g/mol. The summed E-state index contributed by atoms with van der Waals surface area (Å²) in [5.74, 6) is -0.667. The van der Waals surface area contributed by atoms with Gasteiger partial charge in [0.1, 0.15) is 0 Å². The second-order valence-corrected chi connectivity index (χ2v) is 5.88. The SMILES string of the molecule is CCC1(C(=O)O)CCN(C(=O)C2(CC)CCCN2)C1. The Morgan fingerprint density at radius 1 is 1.26 bits per heavy atom. The van der Waals surface area contributed by atoms with Gasteiger partial charge in [-0.2, -0.15) is 0 Å². The highest BCUT2D eigenvalue weighted by atomic mass is 16.4. The lowest BCUT2D eigenvalue weighted by Crippen LogP contribution is -2.54. The van der Waals surface area contributed by atoms with Crippen LogP contribution in [0.3, 0.4) is 0 Å². The van der Waals surface area contributed by atoms with Crippen molar-refractivity contribution in [1.82, 2.24) is 10.2 Å². The Morgan fingerprint density at radius 3 is 2.42 bits per heavy atom. The molecular weight excluding hydrogens is 244 g/mol. The third-order valence-electron chi connectivity index (χ3n) is 5.03. The van der Waals surface area contributed by atoms with Crippen molar-refractivity contribution in [3.63, 3.8) is 0 Å². The van der Waals surface area contributed by atoms with Crippen LogP contribution in [0, 0.1) is 5.41 Å². The summed E-state index contributed by atoms with van der Waals surface area (Å²) >= 11 is 0. The first-order chi connectivity index (χ1) is 8.99. The quantitative estimate of drug-likeness (QED) is 0.804. The number of hydrogen-bond acceptors (Lipinski definition) is 3. The molecule has 0 aromatic carbocycles. The van der Waals surface area contributed by atoms with E-state index in [1.807, 2.05) is 13.8 Å². The van der Waals surface area contributed by atoms with E-state index in [0.717, 1.165) is 25.8 Å². The average molecular weight is 268 g/mol. The molecule has 2 aliphatic rings. The summed E-state index contributed by atoms with van der Waals surface area (Å²) in [6, 6.07) is 0.